The number of nitrogens with one attached hydrogen (secondary N) is 1. The lowest BCUT2D eigenvalue weighted by molar-refractivity contribution is 0.0701. The topological polar surface area (TPSA) is 106 Å². The number of benzene rings is 1. The number of hydrogen-bond acceptors (Lipinski definition) is 6. The predicted octanol–water partition coefficient (Wildman–Crippen LogP) is 2.93. The Kier molecular flexibility index (Phi) is 5.10. The first-order chi connectivity index (χ1) is 15.5. The van der Waals surface area contributed by atoms with Gasteiger partial charge in [0.1, 0.15) is 10.8 Å². The maximum Gasteiger partial charge on any atom is 0.270 e. The summed E-state index contributed by atoms with van der Waals surface area (Å²) >= 11 is 6.18. The van der Waals surface area contributed by atoms with Crippen LogP contribution in [0.1, 0.15) is 26.7 Å². The number of halogens is 1. The Morgan fingerprint density at radius 2 is 2.12 bits per heavy atom. The highest BCUT2D eigenvalue weighted by molar-refractivity contribution is 6.34. The Hall–Kier alpha value is -3.72. The molecule has 4 heterocycles. The molecular weight excluding hydrogens is 432 g/mol. The van der Waals surface area contributed by atoms with E-state index in [-0.39, 0.29) is 11.8 Å². The molecule has 162 valence electrons. The fraction of sp³-hybridized carbons (Fsp3) is 0.227. The summed E-state index contributed by atoms with van der Waals surface area (Å²) in [5.41, 5.74) is 2.66. The third-order valence-corrected chi connectivity index (χ3v) is 5.76. The Morgan fingerprint density at radius 3 is 2.94 bits per heavy atom. The van der Waals surface area contributed by atoms with Gasteiger partial charge in [-0.2, -0.15) is 4.98 Å². The number of fused-ring (bicyclic) bond motifs is 3. The van der Waals surface area contributed by atoms with Crippen molar-refractivity contribution in [2.45, 2.75) is 13.5 Å². The molecule has 0 spiro atoms. The zero-order chi connectivity index (χ0) is 22.2. The van der Waals surface area contributed by atoms with Crippen LogP contribution >= 0.6 is 11.6 Å². The van der Waals surface area contributed by atoms with E-state index >= 15 is 0 Å². The van der Waals surface area contributed by atoms with Crippen LogP contribution in [0.5, 0.6) is 0 Å². The summed E-state index contributed by atoms with van der Waals surface area (Å²) < 4.78 is 6.96. The van der Waals surface area contributed by atoms with Gasteiger partial charge in [0.25, 0.3) is 11.8 Å². The summed E-state index contributed by atoms with van der Waals surface area (Å²) in [6.45, 7) is 3.66. The van der Waals surface area contributed by atoms with Crippen molar-refractivity contribution in [1.29, 1.82) is 0 Å². The molecule has 0 fully saturated rings. The third-order valence-electron chi connectivity index (χ3n) is 5.46. The molecule has 32 heavy (non-hydrogen) atoms. The molecule has 2 amide bonds. The first-order valence-electron chi connectivity index (χ1n) is 10.1. The monoisotopic (exact) mass is 450 g/mol. The molecule has 0 unspecified atom stereocenters. The summed E-state index contributed by atoms with van der Waals surface area (Å²) in [4.78, 5) is 35.6. The van der Waals surface area contributed by atoms with Crippen LogP contribution in [0, 0.1) is 6.92 Å². The molecule has 0 saturated heterocycles. The molecule has 5 rings (SSSR count). The average Bonchev–Trinajstić information content (AvgIpc) is 3.40. The van der Waals surface area contributed by atoms with E-state index in [1.165, 1.54) is 0 Å². The van der Waals surface area contributed by atoms with Crippen molar-refractivity contribution in [2.24, 2.45) is 0 Å². The van der Waals surface area contributed by atoms with Gasteiger partial charge in [-0.1, -0.05) is 28.9 Å². The number of carbonyl (C=O) groups excluding carboxylic acids is 2. The van der Waals surface area contributed by atoms with Crippen LogP contribution in [-0.4, -0.2) is 56.0 Å². The van der Waals surface area contributed by atoms with Crippen LogP contribution in [0.15, 0.2) is 47.1 Å². The minimum Gasteiger partial charge on any atom is -0.350 e. The number of pyridine rings is 1. The van der Waals surface area contributed by atoms with Crippen molar-refractivity contribution < 1.29 is 14.1 Å². The molecule has 4 aromatic rings. The van der Waals surface area contributed by atoms with Crippen molar-refractivity contribution in [2.75, 3.05) is 19.6 Å². The van der Waals surface area contributed by atoms with Gasteiger partial charge in [0.15, 0.2) is 0 Å². The van der Waals surface area contributed by atoms with E-state index in [0.29, 0.717) is 59.9 Å². The normalized spacial score (nSPS) is 13.4. The summed E-state index contributed by atoms with van der Waals surface area (Å²) in [6.07, 6.45) is 1.64. The highest BCUT2D eigenvalue weighted by Gasteiger charge is 2.26. The third kappa shape index (κ3) is 3.60. The summed E-state index contributed by atoms with van der Waals surface area (Å²) in [5, 5.41) is 7.91. The lowest BCUT2D eigenvalue weighted by atomic mass is 10.1. The van der Waals surface area contributed by atoms with Gasteiger partial charge in [-0.05, 0) is 24.3 Å². The molecule has 1 aliphatic rings. The van der Waals surface area contributed by atoms with Gasteiger partial charge in [0.05, 0.1) is 5.52 Å². The second kappa shape index (κ2) is 8.08. The predicted molar refractivity (Wildman–Crippen MR) is 117 cm³/mol. The quantitative estimate of drug-likeness (QED) is 0.468. The summed E-state index contributed by atoms with van der Waals surface area (Å²) in [7, 11) is 0. The molecule has 1 aromatic carbocycles. The molecule has 3 aromatic heterocycles. The van der Waals surface area contributed by atoms with Crippen LogP contribution in [0.4, 0.5) is 0 Å². The van der Waals surface area contributed by atoms with Crippen molar-refractivity contribution in [1.82, 2.24) is 29.9 Å². The van der Waals surface area contributed by atoms with E-state index in [1.807, 2.05) is 16.7 Å². The molecule has 0 saturated carbocycles. The Bertz CT molecular complexity index is 1340. The van der Waals surface area contributed by atoms with Gasteiger partial charge in [0.2, 0.25) is 11.7 Å². The number of amides is 2. The van der Waals surface area contributed by atoms with Gasteiger partial charge in [-0.15, -0.1) is 0 Å². The van der Waals surface area contributed by atoms with E-state index in [1.54, 1.807) is 42.3 Å². The van der Waals surface area contributed by atoms with Gasteiger partial charge in [-0.3, -0.25) is 9.59 Å². The number of carbonyl (C=O) groups is 2. The zero-order valence-corrected chi connectivity index (χ0v) is 18.0. The molecular formula is C22H19ClN6O3. The van der Waals surface area contributed by atoms with Crippen LogP contribution in [0.3, 0.4) is 0 Å². The minimum absolute atomic E-state index is 0.0905. The highest BCUT2D eigenvalue weighted by Crippen LogP contribution is 2.28. The van der Waals surface area contributed by atoms with Crippen LogP contribution in [0.25, 0.3) is 22.3 Å². The lowest BCUT2D eigenvalue weighted by Gasteiger charge is -2.28. The molecule has 1 aliphatic heterocycles. The largest absolute Gasteiger partial charge is 0.350 e. The zero-order valence-electron chi connectivity index (χ0n) is 17.2. The minimum atomic E-state index is -0.233. The van der Waals surface area contributed by atoms with Crippen molar-refractivity contribution in [3.63, 3.8) is 0 Å². The molecule has 0 atom stereocenters. The highest BCUT2D eigenvalue weighted by atomic mass is 35.5. The Balaban J connectivity index is 1.23. The molecule has 0 aliphatic carbocycles. The number of aryl methyl sites for hydroxylation is 1. The first kappa shape index (κ1) is 20.2. The maximum absolute atomic E-state index is 13.0. The molecule has 0 bridgehead atoms. The van der Waals surface area contributed by atoms with E-state index in [2.05, 4.69) is 20.4 Å². The maximum atomic E-state index is 13.0. The first-order valence-corrected chi connectivity index (χ1v) is 10.5. The van der Waals surface area contributed by atoms with E-state index in [9.17, 15) is 9.59 Å². The Morgan fingerprint density at radius 1 is 1.25 bits per heavy atom. The van der Waals surface area contributed by atoms with Gasteiger partial charge < -0.3 is 19.3 Å². The molecule has 0 radical (unpaired) electrons. The van der Waals surface area contributed by atoms with Crippen LogP contribution in [0.2, 0.25) is 5.15 Å². The number of nitrogens with zero attached hydrogens (tertiary/aromatic N) is 5. The smallest absolute Gasteiger partial charge is 0.270 e. The van der Waals surface area contributed by atoms with Gasteiger partial charge >= 0.3 is 0 Å². The number of hydrogen-bond donors (Lipinski definition) is 1. The van der Waals surface area contributed by atoms with Gasteiger partial charge in [-0.25, -0.2) is 4.98 Å². The number of rotatable bonds is 5. The van der Waals surface area contributed by atoms with Crippen LogP contribution < -0.4 is 5.32 Å². The Labute approximate surface area is 188 Å². The van der Waals surface area contributed by atoms with E-state index in [0.717, 1.165) is 10.9 Å². The second-order valence-electron chi connectivity index (χ2n) is 7.48. The van der Waals surface area contributed by atoms with E-state index in [4.69, 9.17) is 16.1 Å². The standard InChI is InChI=1S/C22H19ClN6O3/c1-13-26-20(27-32-13)14-3-2-4-15(11-14)21(30)25-7-8-28-9-10-29-17-5-6-24-19(23)16(17)12-18(29)22(28)31/h2-6,11-12H,7-10H2,1H3,(H,25,30). The van der Waals surface area contributed by atoms with Crippen molar-refractivity contribution in [3.05, 3.63) is 64.9 Å². The van der Waals surface area contributed by atoms with Crippen molar-refractivity contribution >= 4 is 34.3 Å². The summed E-state index contributed by atoms with van der Waals surface area (Å²) in [5.74, 6) is 0.566. The number of aromatic nitrogens is 4. The molecule has 1 N–H and O–H groups in total. The summed E-state index contributed by atoms with van der Waals surface area (Å²) in [6, 6.07) is 10.6. The average molecular weight is 451 g/mol. The SMILES string of the molecule is Cc1nc(-c2cccc(C(=O)NCCN3CCn4c(cc5c(Cl)nccc54)C3=O)c2)no1. The fourth-order valence-electron chi connectivity index (χ4n) is 3.89. The lowest BCUT2D eigenvalue weighted by Crippen LogP contribution is -2.44. The van der Waals surface area contributed by atoms with Gasteiger partial charge in [0, 0.05) is 55.8 Å². The van der Waals surface area contributed by atoms with Crippen molar-refractivity contribution in [3.8, 4) is 11.4 Å². The molecule has 9 nitrogen and oxygen atoms in total. The van der Waals surface area contributed by atoms with Crippen LogP contribution in [-0.2, 0) is 6.54 Å². The fourth-order valence-corrected chi connectivity index (χ4v) is 4.10. The second-order valence-corrected chi connectivity index (χ2v) is 7.84. The van der Waals surface area contributed by atoms with E-state index < -0.39 is 0 Å². The molecule has 10 heteroatoms.